The van der Waals surface area contributed by atoms with Crippen LogP contribution in [0.5, 0.6) is 11.5 Å². The molecule has 0 spiro atoms. The van der Waals surface area contributed by atoms with Gasteiger partial charge in [0.25, 0.3) is 5.91 Å². The minimum absolute atomic E-state index is 0.0968. The standard InChI is InChI=1S/C26H30N2O3/c1-3-5-6-9-20-12-15-22(16-13-20)31-19-26(29)28-27-18-24-23-11-8-7-10-21(23)14-17-25(24)30-4-2/h7-8,10-18H,3-6,9,19H2,1-2H3,(H,28,29)/b27-18-. The lowest BCUT2D eigenvalue weighted by Crippen LogP contribution is -2.24. The number of fused-ring (bicyclic) bond motifs is 1. The average Bonchev–Trinajstić information content (AvgIpc) is 2.80. The topological polar surface area (TPSA) is 59.9 Å². The fourth-order valence-corrected chi connectivity index (χ4v) is 3.37. The van der Waals surface area contributed by atoms with Crippen molar-refractivity contribution in [2.24, 2.45) is 5.10 Å². The van der Waals surface area contributed by atoms with Crippen LogP contribution in [0.1, 0.15) is 44.2 Å². The third kappa shape index (κ3) is 6.57. The summed E-state index contributed by atoms with van der Waals surface area (Å²) in [5.74, 6) is 1.09. The molecule has 0 aliphatic rings. The largest absolute Gasteiger partial charge is 0.493 e. The number of nitrogens with zero attached hydrogens (tertiary/aromatic N) is 1. The van der Waals surface area contributed by atoms with Crippen LogP contribution in [0.25, 0.3) is 10.8 Å². The van der Waals surface area contributed by atoms with Gasteiger partial charge in [0, 0.05) is 5.56 Å². The Bertz CT molecular complexity index is 1010. The minimum atomic E-state index is -0.318. The number of rotatable bonds is 11. The lowest BCUT2D eigenvalue weighted by molar-refractivity contribution is -0.123. The number of carbonyl (C=O) groups is 1. The summed E-state index contributed by atoms with van der Waals surface area (Å²) >= 11 is 0. The highest BCUT2D eigenvalue weighted by Gasteiger charge is 2.07. The van der Waals surface area contributed by atoms with Gasteiger partial charge in [0.1, 0.15) is 11.5 Å². The van der Waals surface area contributed by atoms with E-state index in [1.165, 1.54) is 24.8 Å². The number of ether oxygens (including phenoxy) is 2. The Morgan fingerprint density at radius 1 is 0.968 bits per heavy atom. The van der Waals surface area contributed by atoms with Gasteiger partial charge in [-0.05, 0) is 54.3 Å². The number of nitrogens with one attached hydrogen (secondary N) is 1. The molecule has 162 valence electrons. The molecule has 0 aliphatic heterocycles. The van der Waals surface area contributed by atoms with Gasteiger partial charge in [-0.2, -0.15) is 5.10 Å². The highest BCUT2D eigenvalue weighted by Crippen LogP contribution is 2.26. The van der Waals surface area contributed by atoms with Crippen molar-refractivity contribution >= 4 is 22.9 Å². The van der Waals surface area contributed by atoms with Gasteiger partial charge >= 0.3 is 0 Å². The number of aryl methyl sites for hydroxylation is 1. The molecule has 3 aromatic carbocycles. The van der Waals surface area contributed by atoms with Crippen LogP contribution >= 0.6 is 0 Å². The average molecular weight is 419 g/mol. The molecule has 5 heteroatoms. The highest BCUT2D eigenvalue weighted by molar-refractivity contribution is 6.02. The Kier molecular flexibility index (Phi) is 8.47. The number of benzene rings is 3. The van der Waals surface area contributed by atoms with E-state index < -0.39 is 0 Å². The molecule has 0 aliphatic carbocycles. The predicted octanol–water partition coefficient (Wildman–Crippen LogP) is 5.50. The van der Waals surface area contributed by atoms with Crippen LogP contribution in [-0.2, 0) is 11.2 Å². The second-order valence-electron chi connectivity index (χ2n) is 7.31. The van der Waals surface area contributed by atoms with Gasteiger partial charge in [-0.3, -0.25) is 4.79 Å². The number of unbranched alkanes of at least 4 members (excludes halogenated alkanes) is 2. The first-order chi connectivity index (χ1) is 15.2. The first-order valence-corrected chi connectivity index (χ1v) is 10.9. The molecule has 31 heavy (non-hydrogen) atoms. The molecule has 1 amide bonds. The highest BCUT2D eigenvalue weighted by atomic mass is 16.5. The zero-order valence-electron chi connectivity index (χ0n) is 18.3. The molecule has 1 N–H and O–H groups in total. The SMILES string of the molecule is CCCCCc1ccc(OCC(=O)N/N=C\c2c(OCC)ccc3ccccc23)cc1. The van der Waals surface area contributed by atoms with Crippen molar-refractivity contribution < 1.29 is 14.3 Å². The maximum atomic E-state index is 12.1. The van der Waals surface area contributed by atoms with E-state index in [9.17, 15) is 4.79 Å². The van der Waals surface area contributed by atoms with Crippen LogP contribution in [0.4, 0.5) is 0 Å². The first kappa shape index (κ1) is 22.3. The molecule has 3 rings (SSSR count). The van der Waals surface area contributed by atoms with Crippen molar-refractivity contribution in [3.63, 3.8) is 0 Å². The van der Waals surface area contributed by atoms with Crippen LogP contribution in [0, 0.1) is 0 Å². The van der Waals surface area contributed by atoms with Gasteiger partial charge in [0.2, 0.25) is 0 Å². The Hall–Kier alpha value is -3.34. The number of carbonyl (C=O) groups excluding carboxylic acids is 1. The normalized spacial score (nSPS) is 11.0. The zero-order valence-corrected chi connectivity index (χ0v) is 18.3. The first-order valence-electron chi connectivity index (χ1n) is 10.9. The summed E-state index contributed by atoms with van der Waals surface area (Å²) in [5.41, 5.74) is 4.65. The second kappa shape index (κ2) is 11.7. The van der Waals surface area contributed by atoms with E-state index in [0.717, 1.165) is 28.5 Å². The molecule has 3 aromatic rings. The number of hydrazone groups is 1. The van der Waals surface area contributed by atoms with E-state index in [1.54, 1.807) is 6.21 Å². The summed E-state index contributed by atoms with van der Waals surface area (Å²) < 4.78 is 11.3. The van der Waals surface area contributed by atoms with E-state index in [1.807, 2.05) is 55.5 Å². The maximum Gasteiger partial charge on any atom is 0.277 e. The predicted molar refractivity (Wildman–Crippen MR) is 126 cm³/mol. The zero-order chi connectivity index (χ0) is 21.9. The number of hydrogen-bond donors (Lipinski definition) is 1. The lowest BCUT2D eigenvalue weighted by Gasteiger charge is -2.10. The van der Waals surface area contributed by atoms with Gasteiger partial charge in [-0.15, -0.1) is 0 Å². The second-order valence-corrected chi connectivity index (χ2v) is 7.31. The molecule has 0 saturated heterocycles. The van der Waals surface area contributed by atoms with Crippen molar-refractivity contribution in [3.05, 3.63) is 71.8 Å². The molecular formula is C26H30N2O3. The number of amides is 1. The van der Waals surface area contributed by atoms with Crippen molar-refractivity contribution in [1.29, 1.82) is 0 Å². The molecule has 0 aromatic heterocycles. The van der Waals surface area contributed by atoms with E-state index in [2.05, 4.69) is 29.6 Å². The quantitative estimate of drug-likeness (QED) is 0.254. The minimum Gasteiger partial charge on any atom is -0.493 e. The molecule has 0 unspecified atom stereocenters. The summed E-state index contributed by atoms with van der Waals surface area (Å²) in [6.07, 6.45) is 6.34. The fraction of sp³-hybridized carbons (Fsp3) is 0.308. The van der Waals surface area contributed by atoms with Crippen LogP contribution in [0.15, 0.2) is 65.8 Å². The van der Waals surface area contributed by atoms with Crippen molar-refractivity contribution in [3.8, 4) is 11.5 Å². The summed E-state index contributed by atoms with van der Waals surface area (Å²) in [7, 11) is 0. The maximum absolute atomic E-state index is 12.1. The Morgan fingerprint density at radius 2 is 1.77 bits per heavy atom. The van der Waals surface area contributed by atoms with E-state index in [-0.39, 0.29) is 12.5 Å². The summed E-state index contributed by atoms with van der Waals surface area (Å²) in [5, 5.41) is 6.22. The van der Waals surface area contributed by atoms with Crippen LogP contribution in [0.2, 0.25) is 0 Å². The summed E-state index contributed by atoms with van der Waals surface area (Å²) in [6, 6.07) is 19.8. The van der Waals surface area contributed by atoms with Crippen LogP contribution in [0.3, 0.4) is 0 Å². The third-order valence-electron chi connectivity index (χ3n) is 4.98. The van der Waals surface area contributed by atoms with Gasteiger partial charge in [0.05, 0.1) is 12.8 Å². The lowest BCUT2D eigenvalue weighted by atomic mass is 10.0. The Balaban J connectivity index is 1.55. The Morgan fingerprint density at radius 3 is 2.55 bits per heavy atom. The van der Waals surface area contributed by atoms with Gasteiger partial charge in [0.15, 0.2) is 6.61 Å². The van der Waals surface area contributed by atoms with Crippen molar-refractivity contribution in [2.45, 2.75) is 39.5 Å². The molecule has 0 saturated carbocycles. The molecular weight excluding hydrogens is 388 g/mol. The van der Waals surface area contributed by atoms with Gasteiger partial charge in [-0.1, -0.05) is 62.2 Å². The van der Waals surface area contributed by atoms with Crippen LogP contribution < -0.4 is 14.9 Å². The molecule has 5 nitrogen and oxygen atoms in total. The van der Waals surface area contributed by atoms with Gasteiger partial charge < -0.3 is 9.47 Å². The molecule has 0 radical (unpaired) electrons. The molecule has 0 atom stereocenters. The van der Waals surface area contributed by atoms with Crippen molar-refractivity contribution in [2.75, 3.05) is 13.2 Å². The molecule has 0 fully saturated rings. The van der Waals surface area contributed by atoms with E-state index in [4.69, 9.17) is 9.47 Å². The van der Waals surface area contributed by atoms with E-state index in [0.29, 0.717) is 12.4 Å². The Labute approximate surface area is 184 Å². The smallest absolute Gasteiger partial charge is 0.277 e. The summed E-state index contributed by atoms with van der Waals surface area (Å²) in [4.78, 5) is 12.1. The number of hydrogen-bond acceptors (Lipinski definition) is 4. The molecule has 0 bridgehead atoms. The summed E-state index contributed by atoms with van der Waals surface area (Å²) in [6.45, 7) is 4.59. The fourth-order valence-electron chi connectivity index (χ4n) is 3.37. The van der Waals surface area contributed by atoms with Gasteiger partial charge in [-0.25, -0.2) is 5.43 Å². The van der Waals surface area contributed by atoms with E-state index >= 15 is 0 Å². The monoisotopic (exact) mass is 418 g/mol. The van der Waals surface area contributed by atoms with Crippen LogP contribution in [-0.4, -0.2) is 25.3 Å². The third-order valence-corrected chi connectivity index (χ3v) is 4.98. The van der Waals surface area contributed by atoms with Crippen molar-refractivity contribution in [1.82, 2.24) is 5.43 Å². The molecule has 0 heterocycles.